The van der Waals surface area contributed by atoms with Gasteiger partial charge < -0.3 is 42.8 Å². The van der Waals surface area contributed by atoms with Crippen LogP contribution < -0.4 is 4.74 Å². The van der Waals surface area contributed by atoms with Crippen LogP contribution in [0, 0.1) is 17.7 Å². The fourth-order valence-corrected chi connectivity index (χ4v) is 18.6. The Morgan fingerprint density at radius 3 is 1.52 bits per heavy atom. The van der Waals surface area contributed by atoms with E-state index in [0.717, 1.165) is 191 Å². The van der Waals surface area contributed by atoms with Gasteiger partial charge in [-0.1, -0.05) is 84.0 Å². The molecule has 2 aromatic carbocycles. The molecule has 5 aliphatic carbocycles. The molecule has 1 atom stereocenters. The Kier molecular flexibility index (Phi) is 25.2. The fraction of sp³-hybridized carbons (Fsp3) is 0.700. The number of likely N-dealkylation sites (tertiary alicyclic amines) is 1. The van der Waals surface area contributed by atoms with Gasteiger partial charge in [0.15, 0.2) is 0 Å². The number of carbonyl (C=O) groups excluding carboxylic acids is 4. The van der Waals surface area contributed by atoms with Crippen molar-refractivity contribution in [3.8, 4) is 5.75 Å². The lowest BCUT2D eigenvalue weighted by Crippen LogP contribution is -2.42. The van der Waals surface area contributed by atoms with Gasteiger partial charge in [0.25, 0.3) is 0 Å². The number of benzene rings is 2. The normalized spacial score (nSPS) is 21.6. The number of imidazole rings is 3. The van der Waals surface area contributed by atoms with Crippen LogP contribution in [0.2, 0.25) is 0 Å². The van der Waals surface area contributed by atoms with Crippen LogP contribution in [0.5, 0.6) is 5.75 Å². The van der Waals surface area contributed by atoms with E-state index in [0.29, 0.717) is 101 Å². The Morgan fingerprint density at radius 2 is 0.990 bits per heavy atom. The number of aryl methyl sites for hydroxylation is 3. The highest BCUT2D eigenvalue weighted by molar-refractivity contribution is 5.81. The lowest BCUT2D eigenvalue weighted by atomic mass is 9.79. The Labute approximate surface area is 583 Å². The Morgan fingerprint density at radius 1 is 0.500 bits per heavy atom. The van der Waals surface area contributed by atoms with E-state index in [1.807, 2.05) is 6.20 Å². The minimum atomic E-state index is -0.380. The van der Waals surface area contributed by atoms with E-state index in [1.54, 1.807) is 11.0 Å². The highest BCUT2D eigenvalue weighted by atomic mass is 19.1. The average molecular weight is 1350 g/mol. The van der Waals surface area contributed by atoms with Crippen LogP contribution in [0.3, 0.4) is 0 Å². The van der Waals surface area contributed by atoms with Gasteiger partial charge in [0.1, 0.15) is 34.6 Å². The molecule has 6 fully saturated rings. The SMILES string of the molecule is CCCC1CCC(c2nc3cc(OCCCCC4CCC(c5nc6cnc(CCOC(=O)N7CCCC(c8nc9cc(F)ccc9n8CCC(=O)N(CC)C8CCCCC8)C7)cc6n5CCC(=O)N(CC)C5CCCCC5)CC4)ccc3n2CCC(=O)N(CC)C2CCCCC2)CC1. The van der Waals surface area contributed by atoms with Gasteiger partial charge in [-0.3, -0.25) is 19.4 Å². The third kappa shape index (κ3) is 17.4. The van der Waals surface area contributed by atoms with Gasteiger partial charge in [0.2, 0.25) is 17.7 Å². The maximum absolute atomic E-state index is 14.6. The van der Waals surface area contributed by atoms with Gasteiger partial charge in [0, 0.05) is 132 Å². The number of carbonyl (C=O) groups is 4. The van der Waals surface area contributed by atoms with E-state index >= 15 is 0 Å². The van der Waals surface area contributed by atoms with Crippen molar-refractivity contribution in [2.75, 3.05) is 45.9 Å². The minimum Gasteiger partial charge on any atom is -0.494 e. The molecular formula is C80H116FN11O6. The molecule has 17 nitrogen and oxygen atoms in total. The van der Waals surface area contributed by atoms with Crippen molar-refractivity contribution in [1.82, 2.24) is 53.2 Å². The van der Waals surface area contributed by atoms with Crippen LogP contribution >= 0.6 is 0 Å². The standard InChI is InChI=1S/C80H116FN11O6/c1-5-21-57-30-34-59(35-31-57)77-84-69-54-67(39-41-72(69)90(77)47-42-74(93)87(6-2)64-24-12-9-13-25-64)97-50-19-18-22-58-32-36-60(37-33-58)78-85-70-55-82-63(53-73(70)92(78)49-44-76(95)89(8-4)66-28-16-11-17-29-66)45-51-98-80(96)86-46-20-23-61(56-86)79-83-68-52-62(81)38-40-71(68)91(79)48-43-75(94)88(7-3)65-26-14-10-15-27-65/h38-41,52-55,57-61,64-66H,5-37,42-51,56H2,1-4H3. The summed E-state index contributed by atoms with van der Waals surface area (Å²) in [6, 6.07) is 14.2. The number of unbranched alkanes of at least 4 members (excludes halogenated alkanes) is 1. The number of rotatable bonds is 29. The summed E-state index contributed by atoms with van der Waals surface area (Å²) < 4.78 is 34.0. The molecule has 0 spiro atoms. The van der Waals surface area contributed by atoms with Crippen molar-refractivity contribution < 1.29 is 33.0 Å². The highest BCUT2D eigenvalue weighted by Gasteiger charge is 2.34. The molecule has 534 valence electrons. The molecule has 0 N–H and O–H groups in total. The van der Waals surface area contributed by atoms with Crippen LogP contribution in [-0.4, -0.2) is 141 Å². The second kappa shape index (κ2) is 34.7. The summed E-state index contributed by atoms with van der Waals surface area (Å²) in [5.41, 5.74) is 6.06. The van der Waals surface area contributed by atoms with E-state index in [-0.39, 0.29) is 54.1 Å². The molecule has 1 unspecified atom stereocenters. The van der Waals surface area contributed by atoms with Gasteiger partial charge in [-0.25, -0.2) is 24.1 Å². The number of amides is 4. The van der Waals surface area contributed by atoms with Crippen LogP contribution in [0.25, 0.3) is 33.1 Å². The third-order valence-corrected chi connectivity index (χ3v) is 23.9. The molecule has 18 heteroatoms. The van der Waals surface area contributed by atoms with Crippen molar-refractivity contribution in [3.63, 3.8) is 0 Å². The molecule has 12 rings (SSSR count). The molecule has 6 aliphatic rings. The zero-order valence-electron chi connectivity index (χ0n) is 60.1. The van der Waals surface area contributed by atoms with Crippen molar-refractivity contribution in [1.29, 1.82) is 0 Å². The molecule has 6 aromatic rings. The van der Waals surface area contributed by atoms with Crippen molar-refractivity contribution in [3.05, 3.63) is 77.6 Å². The number of halogens is 1. The molecule has 4 amide bonds. The number of aromatic nitrogens is 7. The van der Waals surface area contributed by atoms with E-state index in [4.69, 9.17) is 29.4 Å². The summed E-state index contributed by atoms with van der Waals surface area (Å²) in [6.07, 6.45) is 37.1. The lowest BCUT2D eigenvalue weighted by molar-refractivity contribution is -0.135. The number of pyridine rings is 1. The van der Waals surface area contributed by atoms with Gasteiger partial charge in [-0.05, 0) is 179 Å². The Bertz CT molecular complexity index is 3580. The van der Waals surface area contributed by atoms with Gasteiger partial charge in [-0.2, -0.15) is 0 Å². The van der Waals surface area contributed by atoms with Gasteiger partial charge in [-0.15, -0.1) is 0 Å². The average Bonchev–Trinajstić information content (AvgIpc) is 1.64. The quantitative estimate of drug-likeness (QED) is 0.0413. The van der Waals surface area contributed by atoms with Gasteiger partial charge in [0.05, 0.1) is 47.0 Å². The summed E-state index contributed by atoms with van der Waals surface area (Å²) in [5, 5.41) is 0. The van der Waals surface area contributed by atoms with Crippen LogP contribution in [0.4, 0.5) is 9.18 Å². The monoisotopic (exact) mass is 1350 g/mol. The smallest absolute Gasteiger partial charge is 0.409 e. The highest BCUT2D eigenvalue weighted by Crippen LogP contribution is 2.42. The number of hydrogen-bond acceptors (Lipinski definition) is 10. The van der Waals surface area contributed by atoms with Crippen molar-refractivity contribution in [2.45, 2.75) is 302 Å². The number of ether oxygens (including phenoxy) is 2. The van der Waals surface area contributed by atoms with E-state index in [2.05, 4.69) is 80.4 Å². The van der Waals surface area contributed by atoms with E-state index in [1.165, 1.54) is 89.2 Å². The minimum absolute atomic E-state index is 0.107. The first-order valence-electron chi connectivity index (χ1n) is 39.4. The molecule has 0 radical (unpaired) electrons. The zero-order chi connectivity index (χ0) is 67.9. The first-order valence-corrected chi connectivity index (χ1v) is 39.4. The topological polar surface area (TPSA) is 166 Å². The number of nitrogens with zero attached hydrogens (tertiary/aromatic N) is 11. The maximum atomic E-state index is 14.6. The van der Waals surface area contributed by atoms with Gasteiger partial charge >= 0.3 is 6.09 Å². The number of fused-ring (bicyclic) bond motifs is 3. The number of piperidine rings is 1. The molecular weight excluding hydrogens is 1230 g/mol. The van der Waals surface area contributed by atoms with Crippen molar-refractivity contribution >= 4 is 56.9 Å². The predicted octanol–water partition coefficient (Wildman–Crippen LogP) is 17.1. The van der Waals surface area contributed by atoms with Crippen LogP contribution in [-0.2, 0) is 45.2 Å². The van der Waals surface area contributed by atoms with Crippen molar-refractivity contribution in [2.24, 2.45) is 11.8 Å². The lowest BCUT2D eigenvalue weighted by Gasteiger charge is -2.34. The number of hydrogen-bond donors (Lipinski definition) is 0. The third-order valence-electron chi connectivity index (χ3n) is 23.9. The molecule has 1 saturated heterocycles. The van der Waals surface area contributed by atoms with E-state index < -0.39 is 0 Å². The summed E-state index contributed by atoms with van der Waals surface area (Å²) in [7, 11) is 0. The predicted molar refractivity (Wildman–Crippen MR) is 386 cm³/mol. The second-order valence-corrected chi connectivity index (χ2v) is 30.2. The first kappa shape index (κ1) is 71.2. The second-order valence-electron chi connectivity index (χ2n) is 30.2. The largest absolute Gasteiger partial charge is 0.494 e. The maximum Gasteiger partial charge on any atom is 0.409 e. The summed E-state index contributed by atoms with van der Waals surface area (Å²) in [6.45, 7) is 14.3. The molecule has 4 aromatic heterocycles. The first-order chi connectivity index (χ1) is 48.0. The molecule has 5 heterocycles. The molecule has 5 saturated carbocycles. The summed E-state index contributed by atoms with van der Waals surface area (Å²) >= 11 is 0. The summed E-state index contributed by atoms with van der Waals surface area (Å²) in [4.78, 5) is 84.5. The Balaban J connectivity index is 0.655. The fourth-order valence-electron chi connectivity index (χ4n) is 18.6. The summed E-state index contributed by atoms with van der Waals surface area (Å²) in [5.74, 6) is 6.17. The van der Waals surface area contributed by atoms with E-state index in [9.17, 15) is 23.6 Å². The van der Waals surface area contributed by atoms with Crippen LogP contribution in [0.15, 0.2) is 48.7 Å². The molecule has 1 aliphatic heterocycles. The molecule has 98 heavy (non-hydrogen) atoms. The van der Waals surface area contributed by atoms with Crippen LogP contribution in [0.1, 0.15) is 281 Å². The molecule has 0 bridgehead atoms. The zero-order valence-corrected chi connectivity index (χ0v) is 60.1. The Hall–Kier alpha value is -6.59.